The normalized spacial score (nSPS) is 16.3. The van der Waals surface area contributed by atoms with E-state index in [1.165, 1.54) is 0 Å². The average molecular weight is 225 g/mol. The maximum absolute atomic E-state index is 13.2. The molecule has 1 aliphatic rings. The molecule has 0 saturated carbocycles. The fourth-order valence-corrected chi connectivity index (χ4v) is 1.82. The van der Waals surface area contributed by atoms with Crippen molar-refractivity contribution in [3.63, 3.8) is 0 Å². The molecule has 1 aromatic heterocycles. The molecule has 0 radical (unpaired) electrons. The molecule has 0 atom stereocenters. The first-order valence-corrected chi connectivity index (χ1v) is 5.46. The second-order valence-corrected chi connectivity index (χ2v) is 4.38. The van der Waals surface area contributed by atoms with E-state index in [4.69, 9.17) is 4.74 Å². The Morgan fingerprint density at radius 2 is 2.12 bits per heavy atom. The van der Waals surface area contributed by atoms with E-state index in [1.807, 2.05) is 20.9 Å². The Bertz CT molecular complexity index is 395. The SMILES string of the molecule is CC(C)Oc1nc(F)nc2c1CCN(C)C2. The highest BCUT2D eigenvalue weighted by atomic mass is 19.1. The highest BCUT2D eigenvalue weighted by Crippen LogP contribution is 2.25. The Labute approximate surface area is 94.5 Å². The summed E-state index contributed by atoms with van der Waals surface area (Å²) in [6.45, 7) is 5.39. The first-order chi connectivity index (χ1) is 7.56. The molecule has 0 N–H and O–H groups in total. The van der Waals surface area contributed by atoms with E-state index in [-0.39, 0.29) is 6.10 Å². The van der Waals surface area contributed by atoms with Gasteiger partial charge in [0.05, 0.1) is 11.8 Å². The molecule has 0 saturated heterocycles. The third-order valence-electron chi connectivity index (χ3n) is 2.54. The topological polar surface area (TPSA) is 38.3 Å². The fourth-order valence-electron chi connectivity index (χ4n) is 1.82. The summed E-state index contributed by atoms with van der Waals surface area (Å²) in [4.78, 5) is 9.67. The molecule has 0 fully saturated rings. The Hall–Kier alpha value is -1.23. The quantitative estimate of drug-likeness (QED) is 0.713. The number of ether oxygens (including phenoxy) is 1. The van der Waals surface area contributed by atoms with Gasteiger partial charge in [-0.05, 0) is 27.3 Å². The van der Waals surface area contributed by atoms with Crippen LogP contribution in [0.1, 0.15) is 25.1 Å². The van der Waals surface area contributed by atoms with Crippen molar-refractivity contribution in [2.45, 2.75) is 32.9 Å². The number of hydrogen-bond donors (Lipinski definition) is 0. The largest absolute Gasteiger partial charge is 0.475 e. The van der Waals surface area contributed by atoms with Gasteiger partial charge in [0.15, 0.2) is 0 Å². The van der Waals surface area contributed by atoms with Crippen LogP contribution in [0.3, 0.4) is 0 Å². The smallest absolute Gasteiger partial charge is 0.312 e. The van der Waals surface area contributed by atoms with Crippen molar-refractivity contribution in [2.75, 3.05) is 13.6 Å². The maximum atomic E-state index is 13.2. The summed E-state index contributed by atoms with van der Waals surface area (Å²) < 4.78 is 18.7. The van der Waals surface area contributed by atoms with Gasteiger partial charge in [-0.3, -0.25) is 0 Å². The highest BCUT2D eigenvalue weighted by molar-refractivity contribution is 5.32. The molecule has 2 rings (SSSR count). The van der Waals surface area contributed by atoms with Crippen molar-refractivity contribution < 1.29 is 9.13 Å². The number of likely N-dealkylation sites (N-methyl/N-ethyl adjacent to an activating group) is 1. The first kappa shape index (κ1) is 11.3. The van der Waals surface area contributed by atoms with Crippen LogP contribution in [0.15, 0.2) is 0 Å². The van der Waals surface area contributed by atoms with Crippen molar-refractivity contribution >= 4 is 0 Å². The Kier molecular flexibility index (Phi) is 3.05. The molecule has 0 aliphatic carbocycles. The van der Waals surface area contributed by atoms with Gasteiger partial charge in [-0.1, -0.05) is 0 Å². The second-order valence-electron chi connectivity index (χ2n) is 4.38. The fraction of sp³-hybridized carbons (Fsp3) is 0.636. The lowest BCUT2D eigenvalue weighted by molar-refractivity contribution is 0.218. The van der Waals surface area contributed by atoms with Crippen LogP contribution in [0.5, 0.6) is 5.88 Å². The minimum Gasteiger partial charge on any atom is -0.475 e. The molecule has 5 heteroatoms. The lowest BCUT2D eigenvalue weighted by atomic mass is 10.1. The summed E-state index contributed by atoms with van der Waals surface area (Å²) in [6.07, 6.45) is 0.108. The van der Waals surface area contributed by atoms with Gasteiger partial charge in [0.2, 0.25) is 5.88 Å². The monoisotopic (exact) mass is 225 g/mol. The zero-order chi connectivity index (χ0) is 11.7. The van der Waals surface area contributed by atoms with Crippen LogP contribution in [0.25, 0.3) is 0 Å². The third-order valence-corrected chi connectivity index (χ3v) is 2.54. The Morgan fingerprint density at radius 3 is 2.81 bits per heavy atom. The summed E-state index contributed by atoms with van der Waals surface area (Å²) in [5.74, 6) is 0.408. The third kappa shape index (κ3) is 2.29. The number of halogens is 1. The van der Waals surface area contributed by atoms with Crippen LogP contribution in [-0.4, -0.2) is 34.6 Å². The number of nitrogens with zero attached hydrogens (tertiary/aromatic N) is 3. The van der Waals surface area contributed by atoms with Crippen LogP contribution >= 0.6 is 0 Å². The van der Waals surface area contributed by atoms with Crippen molar-refractivity contribution in [1.29, 1.82) is 0 Å². The van der Waals surface area contributed by atoms with E-state index in [0.29, 0.717) is 12.4 Å². The van der Waals surface area contributed by atoms with E-state index in [2.05, 4.69) is 14.9 Å². The zero-order valence-electron chi connectivity index (χ0n) is 9.83. The molecule has 88 valence electrons. The van der Waals surface area contributed by atoms with Gasteiger partial charge in [-0.15, -0.1) is 0 Å². The van der Waals surface area contributed by atoms with Gasteiger partial charge < -0.3 is 9.64 Å². The molecule has 1 aromatic rings. The van der Waals surface area contributed by atoms with Gasteiger partial charge in [-0.2, -0.15) is 9.37 Å². The van der Waals surface area contributed by atoms with E-state index >= 15 is 0 Å². The summed E-state index contributed by atoms with van der Waals surface area (Å²) in [7, 11) is 1.99. The Morgan fingerprint density at radius 1 is 1.38 bits per heavy atom. The molecule has 4 nitrogen and oxygen atoms in total. The van der Waals surface area contributed by atoms with Crippen LogP contribution in [0, 0.1) is 6.08 Å². The first-order valence-electron chi connectivity index (χ1n) is 5.46. The molecule has 0 spiro atoms. The van der Waals surface area contributed by atoms with Gasteiger partial charge in [0.25, 0.3) is 0 Å². The maximum Gasteiger partial charge on any atom is 0.312 e. The molecule has 2 heterocycles. The number of fused-ring (bicyclic) bond motifs is 1. The van der Waals surface area contributed by atoms with Crippen molar-refractivity contribution in [3.05, 3.63) is 17.3 Å². The summed E-state index contributed by atoms with van der Waals surface area (Å²) >= 11 is 0. The predicted molar refractivity (Wildman–Crippen MR) is 57.8 cm³/mol. The molecular formula is C11H16FN3O. The van der Waals surface area contributed by atoms with Crippen LogP contribution in [0.2, 0.25) is 0 Å². The second kappa shape index (κ2) is 4.33. The van der Waals surface area contributed by atoms with Gasteiger partial charge in [-0.25, -0.2) is 4.98 Å². The van der Waals surface area contributed by atoms with Gasteiger partial charge >= 0.3 is 6.08 Å². The molecule has 0 unspecified atom stereocenters. The van der Waals surface area contributed by atoms with E-state index < -0.39 is 6.08 Å². The number of aromatic nitrogens is 2. The summed E-state index contributed by atoms with van der Waals surface area (Å²) in [5.41, 5.74) is 1.70. The molecule has 16 heavy (non-hydrogen) atoms. The summed E-state index contributed by atoms with van der Waals surface area (Å²) in [6, 6.07) is 0. The average Bonchev–Trinajstić information content (AvgIpc) is 2.15. The lowest BCUT2D eigenvalue weighted by Gasteiger charge is -2.25. The zero-order valence-corrected chi connectivity index (χ0v) is 9.83. The lowest BCUT2D eigenvalue weighted by Crippen LogP contribution is -2.29. The van der Waals surface area contributed by atoms with Gasteiger partial charge in [0, 0.05) is 18.7 Å². The number of rotatable bonds is 2. The minimum absolute atomic E-state index is 0.00180. The Balaban J connectivity index is 2.37. The minimum atomic E-state index is -0.704. The van der Waals surface area contributed by atoms with Crippen molar-refractivity contribution in [3.8, 4) is 5.88 Å². The van der Waals surface area contributed by atoms with Crippen LogP contribution in [-0.2, 0) is 13.0 Å². The summed E-state index contributed by atoms with van der Waals surface area (Å²) in [5, 5.41) is 0. The molecule has 0 bridgehead atoms. The van der Waals surface area contributed by atoms with Gasteiger partial charge in [0.1, 0.15) is 0 Å². The molecule has 1 aliphatic heterocycles. The van der Waals surface area contributed by atoms with E-state index in [9.17, 15) is 4.39 Å². The molecule has 0 aromatic carbocycles. The molecular weight excluding hydrogens is 209 g/mol. The van der Waals surface area contributed by atoms with Crippen LogP contribution in [0.4, 0.5) is 4.39 Å². The number of hydrogen-bond acceptors (Lipinski definition) is 4. The van der Waals surface area contributed by atoms with Crippen molar-refractivity contribution in [2.24, 2.45) is 0 Å². The molecule has 0 amide bonds. The standard InChI is InChI=1S/C11H16FN3O/c1-7(2)16-10-8-4-5-15(3)6-9(8)13-11(12)14-10/h7H,4-6H2,1-3H3. The predicted octanol–water partition coefficient (Wildman–Crippen LogP) is 1.39. The van der Waals surface area contributed by atoms with E-state index in [1.54, 1.807) is 0 Å². The highest BCUT2D eigenvalue weighted by Gasteiger charge is 2.21. The van der Waals surface area contributed by atoms with Crippen LogP contribution < -0.4 is 4.74 Å². The van der Waals surface area contributed by atoms with Crippen molar-refractivity contribution in [1.82, 2.24) is 14.9 Å². The van der Waals surface area contributed by atoms with E-state index in [0.717, 1.165) is 24.2 Å².